The monoisotopic (exact) mass is 275 g/mol. The Kier molecular flexibility index (Phi) is 5.06. The Balaban J connectivity index is 2.31. The first kappa shape index (κ1) is 15.3. The van der Waals surface area contributed by atoms with E-state index in [0.717, 1.165) is 6.54 Å². The van der Waals surface area contributed by atoms with E-state index in [4.69, 9.17) is 5.73 Å². The van der Waals surface area contributed by atoms with Gasteiger partial charge in [0.25, 0.3) is 0 Å². The molecule has 0 amide bonds. The van der Waals surface area contributed by atoms with E-state index in [-0.39, 0.29) is 0 Å². The van der Waals surface area contributed by atoms with Gasteiger partial charge in [-0.2, -0.15) is 0 Å². The molecule has 3 heteroatoms. The number of anilines is 1. The number of rotatable bonds is 5. The summed E-state index contributed by atoms with van der Waals surface area (Å²) in [6.07, 6.45) is 2.44. The molecule has 1 atom stereocenters. The molecule has 3 nitrogen and oxygen atoms in total. The lowest BCUT2D eigenvalue weighted by molar-refractivity contribution is 0.166. The molecule has 0 spiro atoms. The summed E-state index contributed by atoms with van der Waals surface area (Å²) in [7, 11) is 2.19. The van der Waals surface area contributed by atoms with E-state index in [1.807, 2.05) is 0 Å². The van der Waals surface area contributed by atoms with Crippen LogP contribution in [0.15, 0.2) is 18.2 Å². The van der Waals surface area contributed by atoms with Crippen LogP contribution in [-0.4, -0.2) is 37.6 Å². The Hall–Kier alpha value is -1.06. The smallest absolute Gasteiger partial charge is 0.0473 e. The number of nitrogens with two attached hydrogens (primary N) is 1. The summed E-state index contributed by atoms with van der Waals surface area (Å²) in [5, 5.41) is 0. The van der Waals surface area contributed by atoms with E-state index in [0.29, 0.717) is 18.6 Å². The van der Waals surface area contributed by atoms with E-state index in [2.05, 4.69) is 55.8 Å². The van der Waals surface area contributed by atoms with Crippen LogP contribution in [0.2, 0.25) is 0 Å². The largest absolute Gasteiger partial charge is 0.374 e. The topological polar surface area (TPSA) is 32.5 Å². The van der Waals surface area contributed by atoms with Gasteiger partial charge in [-0.25, -0.2) is 0 Å². The predicted octanol–water partition coefficient (Wildman–Crippen LogP) is 2.80. The summed E-state index contributed by atoms with van der Waals surface area (Å²) >= 11 is 0. The van der Waals surface area contributed by atoms with Gasteiger partial charge in [0.15, 0.2) is 0 Å². The molecule has 1 aliphatic heterocycles. The molecule has 1 unspecified atom stereocenters. The molecule has 20 heavy (non-hydrogen) atoms. The summed E-state index contributed by atoms with van der Waals surface area (Å²) in [5.74, 6) is 0. The first-order valence-electron chi connectivity index (χ1n) is 7.88. The minimum atomic E-state index is 0.331. The molecule has 0 saturated heterocycles. The number of hydrogen-bond donors (Lipinski definition) is 1. The van der Waals surface area contributed by atoms with Crippen LogP contribution in [0.3, 0.4) is 0 Å². The average molecular weight is 275 g/mol. The molecule has 2 rings (SSSR count). The Bertz CT molecular complexity index is 442. The summed E-state index contributed by atoms with van der Waals surface area (Å²) in [6, 6.07) is 7.78. The Labute approximate surface area is 123 Å². The van der Waals surface area contributed by atoms with Crippen molar-refractivity contribution in [3.8, 4) is 0 Å². The number of hydrogen-bond acceptors (Lipinski definition) is 3. The summed E-state index contributed by atoms with van der Waals surface area (Å²) in [4.78, 5) is 4.84. The van der Waals surface area contributed by atoms with Gasteiger partial charge in [-0.3, -0.25) is 4.90 Å². The van der Waals surface area contributed by atoms with Crippen LogP contribution in [0.5, 0.6) is 0 Å². The Morgan fingerprint density at radius 2 is 2.10 bits per heavy atom. The third-order valence-electron chi connectivity index (χ3n) is 4.49. The molecule has 1 aliphatic rings. The van der Waals surface area contributed by atoms with Gasteiger partial charge in [0.1, 0.15) is 0 Å². The van der Waals surface area contributed by atoms with E-state index >= 15 is 0 Å². The zero-order valence-electron chi connectivity index (χ0n) is 13.4. The lowest BCUT2D eigenvalue weighted by atomic mass is 9.95. The van der Waals surface area contributed by atoms with Crippen molar-refractivity contribution < 1.29 is 0 Å². The van der Waals surface area contributed by atoms with E-state index in [1.165, 1.54) is 36.2 Å². The molecule has 1 aromatic carbocycles. The number of likely N-dealkylation sites (N-methyl/N-ethyl adjacent to an activating group) is 1. The van der Waals surface area contributed by atoms with Crippen LogP contribution in [0.1, 0.15) is 44.4 Å². The van der Waals surface area contributed by atoms with Crippen LogP contribution >= 0.6 is 0 Å². The summed E-state index contributed by atoms with van der Waals surface area (Å²) < 4.78 is 0. The van der Waals surface area contributed by atoms with E-state index < -0.39 is 0 Å². The fourth-order valence-electron chi connectivity index (χ4n) is 3.42. The van der Waals surface area contributed by atoms with Gasteiger partial charge < -0.3 is 10.6 Å². The molecular formula is C17H29N3. The molecule has 0 radical (unpaired) electrons. The van der Waals surface area contributed by atoms with Gasteiger partial charge in [-0.15, -0.1) is 0 Å². The SMILES string of the molecule is CCN(C(C)C)C(CN)c1ccc2c(c1)CCCN2C. The highest BCUT2D eigenvalue weighted by Crippen LogP contribution is 2.30. The zero-order chi connectivity index (χ0) is 14.7. The molecule has 0 saturated carbocycles. The molecule has 1 aromatic rings. The second-order valence-electron chi connectivity index (χ2n) is 6.09. The molecule has 0 aromatic heterocycles. The first-order chi connectivity index (χ1) is 9.58. The second-order valence-corrected chi connectivity index (χ2v) is 6.09. The molecule has 0 aliphatic carbocycles. The van der Waals surface area contributed by atoms with Crippen molar-refractivity contribution in [1.29, 1.82) is 0 Å². The highest BCUT2D eigenvalue weighted by atomic mass is 15.2. The van der Waals surface area contributed by atoms with Crippen molar-refractivity contribution in [3.63, 3.8) is 0 Å². The van der Waals surface area contributed by atoms with Crippen LogP contribution < -0.4 is 10.6 Å². The van der Waals surface area contributed by atoms with Gasteiger partial charge >= 0.3 is 0 Å². The van der Waals surface area contributed by atoms with Gasteiger partial charge in [0.05, 0.1) is 0 Å². The highest BCUT2D eigenvalue weighted by molar-refractivity contribution is 5.56. The number of benzene rings is 1. The lowest BCUT2D eigenvalue weighted by Crippen LogP contribution is -2.38. The van der Waals surface area contributed by atoms with Crippen molar-refractivity contribution in [3.05, 3.63) is 29.3 Å². The third-order valence-corrected chi connectivity index (χ3v) is 4.49. The van der Waals surface area contributed by atoms with Crippen LogP contribution in [-0.2, 0) is 6.42 Å². The van der Waals surface area contributed by atoms with E-state index in [1.54, 1.807) is 0 Å². The molecule has 0 bridgehead atoms. The minimum absolute atomic E-state index is 0.331. The maximum atomic E-state index is 6.07. The Morgan fingerprint density at radius 1 is 1.35 bits per heavy atom. The van der Waals surface area contributed by atoms with Crippen molar-refractivity contribution >= 4 is 5.69 Å². The maximum absolute atomic E-state index is 6.07. The van der Waals surface area contributed by atoms with Gasteiger partial charge in [0, 0.05) is 37.9 Å². The van der Waals surface area contributed by atoms with Crippen LogP contribution in [0.25, 0.3) is 0 Å². The van der Waals surface area contributed by atoms with Gasteiger partial charge in [-0.05, 0) is 50.4 Å². The molecule has 2 N–H and O–H groups in total. The first-order valence-corrected chi connectivity index (χ1v) is 7.88. The molecular weight excluding hydrogens is 246 g/mol. The minimum Gasteiger partial charge on any atom is -0.374 e. The molecule has 0 fully saturated rings. The normalized spacial score (nSPS) is 16.6. The molecule has 112 valence electrons. The average Bonchev–Trinajstić information content (AvgIpc) is 2.44. The third kappa shape index (κ3) is 2.99. The van der Waals surface area contributed by atoms with Crippen LogP contribution in [0, 0.1) is 0 Å². The second kappa shape index (κ2) is 6.59. The zero-order valence-corrected chi connectivity index (χ0v) is 13.4. The fourth-order valence-corrected chi connectivity index (χ4v) is 3.42. The van der Waals surface area contributed by atoms with Crippen molar-refractivity contribution in [2.45, 2.75) is 45.7 Å². The lowest BCUT2D eigenvalue weighted by Gasteiger charge is -2.35. The van der Waals surface area contributed by atoms with Gasteiger partial charge in [0.2, 0.25) is 0 Å². The van der Waals surface area contributed by atoms with Crippen molar-refractivity contribution in [1.82, 2.24) is 4.90 Å². The van der Waals surface area contributed by atoms with Crippen LogP contribution in [0.4, 0.5) is 5.69 Å². The van der Waals surface area contributed by atoms with E-state index in [9.17, 15) is 0 Å². The fraction of sp³-hybridized carbons (Fsp3) is 0.647. The predicted molar refractivity (Wildman–Crippen MR) is 87.3 cm³/mol. The standard InChI is InChI=1S/C17H29N3/c1-5-20(13(2)3)17(12-18)15-8-9-16-14(11-15)7-6-10-19(16)4/h8-9,11,13,17H,5-7,10,12,18H2,1-4H3. The molecule has 1 heterocycles. The number of nitrogens with zero attached hydrogens (tertiary/aromatic N) is 2. The van der Waals surface area contributed by atoms with Gasteiger partial charge in [-0.1, -0.05) is 19.1 Å². The Morgan fingerprint density at radius 3 is 2.70 bits per heavy atom. The highest BCUT2D eigenvalue weighted by Gasteiger charge is 2.22. The maximum Gasteiger partial charge on any atom is 0.0473 e. The number of fused-ring (bicyclic) bond motifs is 1. The summed E-state index contributed by atoms with van der Waals surface area (Å²) in [6.45, 7) is 9.60. The van der Waals surface area contributed by atoms with Crippen molar-refractivity contribution in [2.24, 2.45) is 5.73 Å². The van der Waals surface area contributed by atoms with Crippen molar-refractivity contribution in [2.75, 3.05) is 31.6 Å². The summed E-state index contributed by atoms with van der Waals surface area (Å²) in [5.41, 5.74) is 10.3. The quantitative estimate of drug-likeness (QED) is 0.897. The number of aryl methyl sites for hydroxylation is 1.